The van der Waals surface area contributed by atoms with E-state index in [-0.39, 0.29) is 30.3 Å². The minimum absolute atomic E-state index is 0.0154. The molecule has 31 heavy (non-hydrogen) atoms. The van der Waals surface area contributed by atoms with Gasteiger partial charge in [0.05, 0.1) is 12.6 Å². The van der Waals surface area contributed by atoms with E-state index in [0.29, 0.717) is 23.1 Å². The minimum atomic E-state index is -0.249. The number of carbonyl (C=O) groups is 2. The van der Waals surface area contributed by atoms with Gasteiger partial charge < -0.3 is 9.80 Å². The second-order valence-corrected chi connectivity index (χ2v) is 10.3. The summed E-state index contributed by atoms with van der Waals surface area (Å²) in [7, 11) is 0. The van der Waals surface area contributed by atoms with Crippen molar-refractivity contribution >= 4 is 46.4 Å². The zero-order valence-electron chi connectivity index (χ0n) is 17.8. The number of halogens is 2. The Hall–Kier alpha value is -1.56. The molecule has 1 aromatic heterocycles. The molecule has 1 fully saturated rings. The predicted molar refractivity (Wildman–Crippen MR) is 127 cm³/mol. The molecule has 1 aliphatic carbocycles. The lowest BCUT2D eigenvalue weighted by molar-refractivity contribution is -0.142. The molecule has 2 heterocycles. The van der Waals surface area contributed by atoms with Crippen LogP contribution in [0.15, 0.2) is 29.6 Å². The Morgan fingerprint density at radius 2 is 1.97 bits per heavy atom. The van der Waals surface area contributed by atoms with Gasteiger partial charge in [-0.1, -0.05) is 49.0 Å². The Morgan fingerprint density at radius 1 is 1.16 bits per heavy atom. The van der Waals surface area contributed by atoms with Gasteiger partial charge in [-0.05, 0) is 60.4 Å². The predicted octanol–water partition coefficient (Wildman–Crippen LogP) is 5.96. The normalized spacial score (nSPS) is 18.0. The fourth-order valence-electron chi connectivity index (χ4n) is 4.31. The number of fused-ring (bicyclic) bond motifs is 1. The molecule has 1 saturated carbocycles. The average Bonchev–Trinajstić information content (AvgIpc) is 3.49. The number of benzene rings is 1. The van der Waals surface area contributed by atoms with Crippen LogP contribution in [0.3, 0.4) is 0 Å². The van der Waals surface area contributed by atoms with E-state index >= 15 is 0 Å². The lowest BCUT2D eigenvalue weighted by Crippen LogP contribution is -2.47. The second kappa shape index (κ2) is 9.93. The van der Waals surface area contributed by atoms with Crippen molar-refractivity contribution in [2.75, 3.05) is 19.6 Å². The summed E-state index contributed by atoms with van der Waals surface area (Å²) in [6.07, 6.45) is 5.80. The molecule has 2 aromatic rings. The molecule has 1 unspecified atom stereocenters. The highest BCUT2D eigenvalue weighted by Crippen LogP contribution is 2.41. The fraction of sp³-hybridized carbons (Fsp3) is 0.500. The Kier molecular flexibility index (Phi) is 7.25. The molecule has 0 radical (unpaired) electrons. The number of hydrogen-bond acceptors (Lipinski definition) is 3. The highest BCUT2D eigenvalue weighted by Gasteiger charge is 2.37. The fourth-order valence-corrected chi connectivity index (χ4v) is 5.72. The summed E-state index contributed by atoms with van der Waals surface area (Å²) in [4.78, 5) is 31.4. The zero-order chi connectivity index (χ0) is 22.0. The van der Waals surface area contributed by atoms with Gasteiger partial charge in [0.2, 0.25) is 11.8 Å². The number of rotatable bonds is 8. The summed E-state index contributed by atoms with van der Waals surface area (Å²) in [5.41, 5.74) is 2.00. The molecule has 7 heteroatoms. The van der Waals surface area contributed by atoms with Crippen molar-refractivity contribution in [3.05, 3.63) is 55.7 Å². The van der Waals surface area contributed by atoms with Gasteiger partial charge in [-0.3, -0.25) is 9.59 Å². The molecule has 0 saturated heterocycles. The van der Waals surface area contributed by atoms with E-state index in [1.165, 1.54) is 4.88 Å². The summed E-state index contributed by atoms with van der Waals surface area (Å²) in [5.74, 6) is 0.234. The van der Waals surface area contributed by atoms with Crippen molar-refractivity contribution < 1.29 is 9.59 Å². The van der Waals surface area contributed by atoms with E-state index in [2.05, 4.69) is 18.4 Å². The molecule has 1 aromatic carbocycles. The lowest BCUT2D eigenvalue weighted by atomic mass is 9.93. The van der Waals surface area contributed by atoms with Gasteiger partial charge in [0.15, 0.2) is 0 Å². The van der Waals surface area contributed by atoms with Crippen molar-refractivity contribution in [1.82, 2.24) is 9.80 Å². The SMILES string of the molecule is CCCCCN(CC(=O)N1CCc2sccc2C1c1ccc(Cl)cc1Cl)C(=O)C1CC1. The molecular formula is C24H28Cl2N2O2S. The lowest BCUT2D eigenvalue weighted by Gasteiger charge is -2.38. The molecular weight excluding hydrogens is 451 g/mol. The number of thiophene rings is 1. The van der Waals surface area contributed by atoms with Crippen LogP contribution in [0.2, 0.25) is 10.0 Å². The largest absolute Gasteiger partial charge is 0.333 e. The molecule has 4 nitrogen and oxygen atoms in total. The van der Waals surface area contributed by atoms with Crippen molar-refractivity contribution in [2.24, 2.45) is 5.92 Å². The van der Waals surface area contributed by atoms with Crippen LogP contribution in [0.5, 0.6) is 0 Å². The molecule has 2 amide bonds. The maximum atomic E-state index is 13.5. The third-order valence-corrected chi connectivity index (χ3v) is 7.70. The number of unbranched alkanes of at least 4 members (excludes halogenated alkanes) is 2. The first-order chi connectivity index (χ1) is 15.0. The maximum absolute atomic E-state index is 13.5. The minimum Gasteiger partial charge on any atom is -0.333 e. The number of carbonyl (C=O) groups excluding carboxylic acids is 2. The van der Waals surface area contributed by atoms with Crippen LogP contribution in [0.4, 0.5) is 0 Å². The molecule has 0 N–H and O–H groups in total. The van der Waals surface area contributed by atoms with Crippen LogP contribution in [0, 0.1) is 5.92 Å². The third kappa shape index (κ3) is 5.10. The standard InChI is InChI=1S/C24H28Cl2N2O2S/c1-2-3-4-11-27(24(30)16-5-6-16)15-22(29)28-12-9-21-19(10-13-31-21)23(28)18-8-7-17(25)14-20(18)26/h7-8,10,13-14,16,23H,2-6,9,11-12,15H2,1H3. The van der Waals surface area contributed by atoms with E-state index < -0.39 is 0 Å². The summed E-state index contributed by atoms with van der Waals surface area (Å²) in [6.45, 7) is 3.56. The van der Waals surface area contributed by atoms with Gasteiger partial charge in [0.25, 0.3) is 0 Å². The van der Waals surface area contributed by atoms with E-state index in [0.717, 1.165) is 49.7 Å². The van der Waals surface area contributed by atoms with E-state index in [4.69, 9.17) is 23.2 Å². The van der Waals surface area contributed by atoms with Crippen LogP contribution in [0.25, 0.3) is 0 Å². The summed E-state index contributed by atoms with van der Waals surface area (Å²) < 4.78 is 0. The van der Waals surface area contributed by atoms with Crippen molar-refractivity contribution in [2.45, 2.75) is 51.5 Å². The first-order valence-corrected chi connectivity index (χ1v) is 12.7. The Labute approximate surface area is 198 Å². The van der Waals surface area contributed by atoms with Crippen molar-refractivity contribution in [3.8, 4) is 0 Å². The van der Waals surface area contributed by atoms with Crippen LogP contribution in [-0.2, 0) is 16.0 Å². The number of amides is 2. The molecule has 166 valence electrons. The average molecular weight is 479 g/mol. The highest BCUT2D eigenvalue weighted by molar-refractivity contribution is 7.10. The third-order valence-electron chi connectivity index (χ3n) is 6.14. The Balaban J connectivity index is 1.59. The first kappa shape index (κ1) is 22.6. The van der Waals surface area contributed by atoms with Crippen LogP contribution < -0.4 is 0 Å². The quantitative estimate of drug-likeness (QED) is 0.439. The Morgan fingerprint density at radius 3 is 2.68 bits per heavy atom. The summed E-state index contributed by atoms with van der Waals surface area (Å²) >= 11 is 14.4. The van der Waals surface area contributed by atoms with E-state index in [9.17, 15) is 9.59 Å². The second-order valence-electron chi connectivity index (χ2n) is 8.45. The number of hydrogen-bond donors (Lipinski definition) is 0. The molecule has 0 spiro atoms. The molecule has 2 aliphatic rings. The molecule has 4 rings (SSSR count). The van der Waals surface area contributed by atoms with Gasteiger partial charge >= 0.3 is 0 Å². The van der Waals surface area contributed by atoms with Gasteiger partial charge in [-0.15, -0.1) is 11.3 Å². The van der Waals surface area contributed by atoms with Crippen LogP contribution in [0.1, 0.15) is 61.1 Å². The topological polar surface area (TPSA) is 40.6 Å². The summed E-state index contributed by atoms with van der Waals surface area (Å²) in [5, 5.41) is 3.21. The zero-order valence-corrected chi connectivity index (χ0v) is 20.1. The van der Waals surface area contributed by atoms with Crippen LogP contribution >= 0.6 is 34.5 Å². The molecule has 0 bridgehead atoms. The van der Waals surface area contributed by atoms with Gasteiger partial charge in [-0.25, -0.2) is 0 Å². The maximum Gasteiger partial charge on any atom is 0.242 e. The first-order valence-electron chi connectivity index (χ1n) is 11.1. The van der Waals surface area contributed by atoms with Crippen LogP contribution in [-0.4, -0.2) is 41.2 Å². The van der Waals surface area contributed by atoms with Gasteiger partial charge in [0.1, 0.15) is 0 Å². The number of nitrogens with zero attached hydrogens (tertiary/aromatic N) is 2. The van der Waals surface area contributed by atoms with Gasteiger partial charge in [-0.2, -0.15) is 0 Å². The van der Waals surface area contributed by atoms with E-state index in [1.807, 2.05) is 17.0 Å². The molecule has 1 aliphatic heterocycles. The monoisotopic (exact) mass is 478 g/mol. The van der Waals surface area contributed by atoms with Crippen molar-refractivity contribution in [1.29, 1.82) is 0 Å². The smallest absolute Gasteiger partial charge is 0.242 e. The van der Waals surface area contributed by atoms with E-state index in [1.54, 1.807) is 22.3 Å². The Bertz CT molecular complexity index is 957. The van der Waals surface area contributed by atoms with Crippen molar-refractivity contribution in [3.63, 3.8) is 0 Å². The molecule has 1 atom stereocenters. The summed E-state index contributed by atoms with van der Waals surface area (Å²) in [6, 6.07) is 7.30. The highest BCUT2D eigenvalue weighted by atomic mass is 35.5. The van der Waals surface area contributed by atoms with Gasteiger partial charge in [0, 0.05) is 33.9 Å².